The van der Waals surface area contributed by atoms with Crippen molar-refractivity contribution in [2.75, 3.05) is 45.9 Å². The van der Waals surface area contributed by atoms with Crippen molar-refractivity contribution in [2.45, 2.75) is 44.2 Å². The average molecular weight is 703 g/mol. The van der Waals surface area contributed by atoms with Gasteiger partial charge in [-0.25, -0.2) is 4.79 Å². The Morgan fingerprint density at radius 2 is 1.44 bits per heavy atom. The van der Waals surface area contributed by atoms with Gasteiger partial charge in [-0.1, -0.05) is 60.7 Å². The number of hydrogen-bond donors (Lipinski definition) is 2. The lowest BCUT2D eigenvalue weighted by atomic mass is 9.76. The molecule has 14 heteroatoms. The predicted octanol–water partition coefficient (Wildman–Crippen LogP) is 6.21. The molecule has 2 aliphatic heterocycles. The van der Waals surface area contributed by atoms with Gasteiger partial charge in [-0.05, 0) is 53.2 Å². The fraction of sp³-hybridized carbons (Fsp3) is 0.417. The molecule has 0 bridgehead atoms. The SMILES string of the molecule is O=C(O)[C@H](Cc1cccc2c(-c3ncc(CN4CCOCC4)c4ccccc34)cccc12)NC(=O)C1(C(F)(F)F)CCN(CC(F)(F)F)CC1. The first-order valence-electron chi connectivity index (χ1n) is 16.3. The van der Waals surface area contributed by atoms with E-state index in [1.807, 2.05) is 42.6 Å². The third-order valence-electron chi connectivity index (χ3n) is 9.76. The number of carboxylic acid groups (broad SMARTS) is 1. The molecule has 0 spiro atoms. The van der Waals surface area contributed by atoms with Crippen molar-refractivity contribution in [3.05, 3.63) is 78.0 Å². The number of piperidine rings is 1. The maximum Gasteiger partial charge on any atom is 0.403 e. The van der Waals surface area contributed by atoms with E-state index in [4.69, 9.17) is 9.72 Å². The molecule has 6 rings (SSSR count). The van der Waals surface area contributed by atoms with E-state index in [0.717, 1.165) is 45.3 Å². The van der Waals surface area contributed by atoms with Gasteiger partial charge in [-0.3, -0.25) is 19.6 Å². The topological polar surface area (TPSA) is 95.0 Å². The number of amides is 1. The van der Waals surface area contributed by atoms with Gasteiger partial charge in [0, 0.05) is 43.2 Å². The van der Waals surface area contributed by atoms with Gasteiger partial charge in [0.2, 0.25) is 5.91 Å². The molecule has 266 valence electrons. The normalized spacial score (nSPS) is 18.3. The monoisotopic (exact) mass is 702 g/mol. The third-order valence-corrected chi connectivity index (χ3v) is 9.76. The zero-order chi connectivity index (χ0) is 35.7. The third kappa shape index (κ3) is 7.42. The second-order valence-corrected chi connectivity index (χ2v) is 12.9. The molecule has 0 radical (unpaired) electrons. The van der Waals surface area contributed by atoms with Gasteiger partial charge in [-0.2, -0.15) is 26.3 Å². The molecular formula is C36H36F6N4O4. The second kappa shape index (κ2) is 14.2. The molecule has 3 aromatic carbocycles. The van der Waals surface area contributed by atoms with E-state index in [9.17, 15) is 41.0 Å². The number of carbonyl (C=O) groups excluding carboxylic acids is 1. The summed E-state index contributed by atoms with van der Waals surface area (Å²) in [5.41, 5.74) is 0.00783. The highest BCUT2D eigenvalue weighted by atomic mass is 19.4. The maximum atomic E-state index is 14.4. The summed E-state index contributed by atoms with van der Waals surface area (Å²) >= 11 is 0. The predicted molar refractivity (Wildman–Crippen MR) is 174 cm³/mol. The molecule has 1 amide bonds. The molecule has 0 unspecified atom stereocenters. The fourth-order valence-electron chi connectivity index (χ4n) is 7.05. The highest BCUT2D eigenvalue weighted by Crippen LogP contribution is 2.47. The van der Waals surface area contributed by atoms with Crippen LogP contribution < -0.4 is 5.32 Å². The Kier molecular flexibility index (Phi) is 10.1. The van der Waals surface area contributed by atoms with E-state index in [-0.39, 0.29) is 6.42 Å². The number of alkyl halides is 6. The van der Waals surface area contributed by atoms with Crippen LogP contribution in [0.4, 0.5) is 26.3 Å². The van der Waals surface area contributed by atoms with Crippen molar-refractivity contribution in [1.29, 1.82) is 0 Å². The van der Waals surface area contributed by atoms with Crippen LogP contribution in [-0.2, 0) is 27.3 Å². The van der Waals surface area contributed by atoms with Crippen molar-refractivity contribution in [2.24, 2.45) is 5.41 Å². The molecule has 1 atom stereocenters. The molecule has 0 aliphatic carbocycles. The van der Waals surface area contributed by atoms with Crippen molar-refractivity contribution in [3.63, 3.8) is 0 Å². The quantitative estimate of drug-likeness (QED) is 0.201. The second-order valence-electron chi connectivity index (χ2n) is 12.9. The largest absolute Gasteiger partial charge is 0.480 e. The molecule has 3 heterocycles. The highest BCUT2D eigenvalue weighted by molar-refractivity contribution is 6.05. The molecule has 8 nitrogen and oxygen atoms in total. The Hall–Kier alpha value is -4.27. The molecule has 2 N–H and O–H groups in total. The Morgan fingerprint density at radius 3 is 2.10 bits per heavy atom. The number of carbonyl (C=O) groups is 2. The van der Waals surface area contributed by atoms with E-state index in [1.54, 1.807) is 24.3 Å². The van der Waals surface area contributed by atoms with Gasteiger partial charge in [0.25, 0.3) is 0 Å². The lowest BCUT2D eigenvalue weighted by Gasteiger charge is -2.42. The smallest absolute Gasteiger partial charge is 0.403 e. The van der Waals surface area contributed by atoms with Crippen LogP contribution in [0.1, 0.15) is 24.0 Å². The number of rotatable bonds is 9. The summed E-state index contributed by atoms with van der Waals surface area (Å²) in [5, 5.41) is 15.5. The molecule has 50 heavy (non-hydrogen) atoms. The number of ether oxygens (including phenoxy) is 1. The number of aliphatic carboxylic acids is 1. The number of aromatic nitrogens is 1. The van der Waals surface area contributed by atoms with Gasteiger partial charge in [0.15, 0.2) is 0 Å². The molecule has 2 fully saturated rings. The number of nitrogens with zero attached hydrogens (tertiary/aromatic N) is 3. The molecule has 2 saturated heterocycles. The number of morpholine rings is 1. The van der Waals surface area contributed by atoms with Crippen LogP contribution in [-0.4, -0.2) is 96.1 Å². The van der Waals surface area contributed by atoms with Gasteiger partial charge in [0.05, 0.1) is 25.5 Å². The average Bonchev–Trinajstić information content (AvgIpc) is 3.07. The summed E-state index contributed by atoms with van der Waals surface area (Å²) in [6.45, 7) is 1.05. The minimum Gasteiger partial charge on any atom is -0.480 e. The van der Waals surface area contributed by atoms with Gasteiger partial charge in [-0.15, -0.1) is 0 Å². The highest BCUT2D eigenvalue weighted by Gasteiger charge is 2.61. The Morgan fingerprint density at radius 1 is 0.820 bits per heavy atom. The molecule has 1 aromatic heterocycles. The van der Waals surface area contributed by atoms with Crippen LogP contribution in [0.2, 0.25) is 0 Å². The number of nitrogens with one attached hydrogen (secondary N) is 1. The Labute approximate surface area is 284 Å². The van der Waals surface area contributed by atoms with Gasteiger partial charge in [0.1, 0.15) is 11.5 Å². The summed E-state index contributed by atoms with van der Waals surface area (Å²) in [6, 6.07) is 16.9. The minimum atomic E-state index is -5.10. The van der Waals surface area contributed by atoms with Crippen molar-refractivity contribution in [1.82, 2.24) is 20.1 Å². The zero-order valence-electron chi connectivity index (χ0n) is 27.0. The number of hydrogen-bond acceptors (Lipinski definition) is 6. The number of benzene rings is 3. The van der Waals surface area contributed by atoms with Crippen LogP contribution in [0.3, 0.4) is 0 Å². The number of pyridine rings is 1. The summed E-state index contributed by atoms with van der Waals surface area (Å²) in [5.74, 6) is -3.10. The van der Waals surface area contributed by atoms with Crippen LogP contribution in [0, 0.1) is 5.41 Å². The molecule has 2 aliphatic rings. The summed E-state index contributed by atoms with van der Waals surface area (Å²) in [7, 11) is 0. The minimum absolute atomic E-state index is 0.331. The van der Waals surface area contributed by atoms with E-state index >= 15 is 0 Å². The van der Waals surface area contributed by atoms with Crippen LogP contribution in [0.25, 0.3) is 32.8 Å². The summed E-state index contributed by atoms with van der Waals surface area (Å²) < 4.78 is 87.3. The Balaban J connectivity index is 1.28. The van der Waals surface area contributed by atoms with Crippen molar-refractivity contribution < 1.29 is 45.8 Å². The van der Waals surface area contributed by atoms with Crippen LogP contribution in [0.5, 0.6) is 0 Å². The van der Waals surface area contributed by atoms with E-state index in [0.29, 0.717) is 36.4 Å². The van der Waals surface area contributed by atoms with E-state index in [2.05, 4.69) is 10.2 Å². The number of halogens is 6. The fourth-order valence-corrected chi connectivity index (χ4v) is 7.05. The van der Waals surface area contributed by atoms with Crippen LogP contribution in [0.15, 0.2) is 66.9 Å². The molecule has 0 saturated carbocycles. The first-order chi connectivity index (χ1) is 23.8. The molecule has 4 aromatic rings. The van der Waals surface area contributed by atoms with E-state index in [1.165, 1.54) is 0 Å². The van der Waals surface area contributed by atoms with Gasteiger partial charge >= 0.3 is 18.3 Å². The van der Waals surface area contributed by atoms with Crippen molar-refractivity contribution in [3.8, 4) is 11.3 Å². The first kappa shape index (κ1) is 35.6. The summed E-state index contributed by atoms with van der Waals surface area (Å²) in [4.78, 5) is 33.7. The first-order valence-corrected chi connectivity index (χ1v) is 16.3. The summed E-state index contributed by atoms with van der Waals surface area (Å²) in [6.07, 6.45) is -10.0. The van der Waals surface area contributed by atoms with Crippen molar-refractivity contribution >= 4 is 33.4 Å². The lowest BCUT2D eigenvalue weighted by Crippen LogP contribution is -2.59. The van der Waals surface area contributed by atoms with Gasteiger partial charge < -0.3 is 15.2 Å². The zero-order valence-corrected chi connectivity index (χ0v) is 27.0. The van der Waals surface area contributed by atoms with Crippen LogP contribution >= 0.6 is 0 Å². The number of likely N-dealkylation sites (tertiary alicyclic amines) is 1. The standard InChI is InChI=1S/C36H36F6N4O4/c37-35(38,39)22-46-13-11-34(12-14-46,36(40,41)42)33(49)44-30(32(47)48)19-23-5-3-9-27-25(23)8-4-10-29(27)31-28-7-2-1-6-26(28)24(20-43-31)21-45-15-17-50-18-16-45/h1-10,20,30H,11-19,21-22H2,(H,44,49)(H,47,48)/t30-/m0/s1. The molecular weight excluding hydrogens is 666 g/mol. The Bertz CT molecular complexity index is 1870. The number of carboxylic acids is 1. The maximum absolute atomic E-state index is 14.4. The number of fused-ring (bicyclic) bond motifs is 2. The lowest BCUT2D eigenvalue weighted by molar-refractivity contribution is -0.236. The van der Waals surface area contributed by atoms with E-state index < -0.39 is 68.2 Å².